The first-order valence-electron chi connectivity index (χ1n) is 7.60. The van der Waals surface area contributed by atoms with Gasteiger partial charge in [-0.05, 0) is 43.2 Å². The number of carbonyl (C=O) groups excluding carboxylic acids is 1. The highest BCUT2D eigenvalue weighted by atomic mass is 19.1. The minimum absolute atomic E-state index is 0.260. The van der Waals surface area contributed by atoms with Crippen molar-refractivity contribution < 1.29 is 13.6 Å². The van der Waals surface area contributed by atoms with Crippen molar-refractivity contribution in [2.24, 2.45) is 0 Å². The van der Waals surface area contributed by atoms with Gasteiger partial charge in [0.1, 0.15) is 11.6 Å². The summed E-state index contributed by atoms with van der Waals surface area (Å²) in [6.45, 7) is 3.97. The van der Waals surface area contributed by atoms with E-state index in [4.69, 9.17) is 4.42 Å². The number of amides is 1. The normalized spacial score (nSPS) is 10.6. The second kappa shape index (κ2) is 6.66. The number of hydrogen-bond acceptors (Lipinski definition) is 3. The van der Waals surface area contributed by atoms with E-state index in [1.165, 1.54) is 12.1 Å². The van der Waals surface area contributed by atoms with Gasteiger partial charge < -0.3 is 9.73 Å². The number of benzene rings is 2. The quantitative estimate of drug-likeness (QED) is 0.788. The zero-order chi connectivity index (χ0) is 17.1. The summed E-state index contributed by atoms with van der Waals surface area (Å²) in [5, 5.41) is 2.77. The molecule has 0 aliphatic carbocycles. The molecule has 0 radical (unpaired) electrons. The first-order valence-corrected chi connectivity index (χ1v) is 7.60. The molecule has 1 amide bonds. The van der Waals surface area contributed by atoms with Crippen molar-refractivity contribution in [2.45, 2.75) is 20.4 Å². The summed E-state index contributed by atoms with van der Waals surface area (Å²) in [5.41, 5.74) is 2.95. The average molecular weight is 324 g/mol. The van der Waals surface area contributed by atoms with Crippen molar-refractivity contribution in [1.29, 1.82) is 0 Å². The molecule has 3 rings (SSSR count). The van der Waals surface area contributed by atoms with Crippen LogP contribution in [-0.4, -0.2) is 10.9 Å². The van der Waals surface area contributed by atoms with Gasteiger partial charge in [0.2, 0.25) is 5.89 Å². The number of rotatable bonds is 4. The molecule has 0 saturated carbocycles. The summed E-state index contributed by atoms with van der Waals surface area (Å²) >= 11 is 0. The largest absolute Gasteiger partial charge is 0.441 e. The fraction of sp³-hybridized carbons (Fsp3) is 0.158. The van der Waals surface area contributed by atoms with Gasteiger partial charge in [0.15, 0.2) is 5.69 Å². The molecule has 4 nitrogen and oxygen atoms in total. The second-order valence-corrected chi connectivity index (χ2v) is 5.55. The van der Waals surface area contributed by atoms with Crippen LogP contribution in [-0.2, 0) is 6.54 Å². The molecule has 3 aromatic rings. The Morgan fingerprint density at radius 2 is 1.83 bits per heavy atom. The number of hydrogen-bond donors (Lipinski definition) is 1. The lowest BCUT2D eigenvalue weighted by Gasteiger charge is -2.03. The van der Waals surface area contributed by atoms with Crippen molar-refractivity contribution in [2.75, 3.05) is 0 Å². The van der Waals surface area contributed by atoms with Gasteiger partial charge in [-0.15, -0.1) is 0 Å². The average Bonchev–Trinajstić information content (AvgIpc) is 2.96. The van der Waals surface area contributed by atoms with Crippen LogP contribution in [0.2, 0.25) is 0 Å². The number of aryl methyl sites for hydroxylation is 2. The van der Waals surface area contributed by atoms with Crippen molar-refractivity contribution >= 4 is 5.91 Å². The molecule has 0 atom stereocenters. The maximum atomic E-state index is 12.9. The topological polar surface area (TPSA) is 55.1 Å². The van der Waals surface area contributed by atoms with Crippen LogP contribution < -0.4 is 5.32 Å². The number of halogens is 1. The molecule has 24 heavy (non-hydrogen) atoms. The van der Waals surface area contributed by atoms with Gasteiger partial charge in [0.05, 0.1) is 0 Å². The lowest BCUT2D eigenvalue weighted by molar-refractivity contribution is 0.0945. The maximum absolute atomic E-state index is 12.9. The van der Waals surface area contributed by atoms with Crippen LogP contribution in [0.15, 0.2) is 52.9 Å². The first kappa shape index (κ1) is 15.9. The Labute approximate surface area is 139 Å². The van der Waals surface area contributed by atoms with Crippen LogP contribution >= 0.6 is 0 Å². The maximum Gasteiger partial charge on any atom is 0.273 e. The predicted molar refractivity (Wildman–Crippen MR) is 89.0 cm³/mol. The van der Waals surface area contributed by atoms with Gasteiger partial charge in [-0.2, -0.15) is 0 Å². The van der Waals surface area contributed by atoms with Gasteiger partial charge in [-0.25, -0.2) is 9.37 Å². The third-order valence-corrected chi connectivity index (χ3v) is 3.75. The molecule has 0 saturated heterocycles. The van der Waals surface area contributed by atoms with E-state index in [0.29, 0.717) is 18.2 Å². The van der Waals surface area contributed by atoms with E-state index in [9.17, 15) is 9.18 Å². The Kier molecular flexibility index (Phi) is 4.42. The Morgan fingerprint density at radius 1 is 1.12 bits per heavy atom. The standard InChI is InChI=1S/C19H17FN2O2/c1-12-5-3-4-6-16(12)19-22-17(13(2)24-19)18(23)21-11-14-7-9-15(20)10-8-14/h3-10H,11H2,1-2H3,(H,21,23). The van der Waals surface area contributed by atoms with E-state index in [-0.39, 0.29) is 17.4 Å². The molecule has 1 N–H and O–H groups in total. The molecule has 1 heterocycles. The summed E-state index contributed by atoms with van der Waals surface area (Å²) in [7, 11) is 0. The highest BCUT2D eigenvalue weighted by Gasteiger charge is 2.18. The highest BCUT2D eigenvalue weighted by Crippen LogP contribution is 2.24. The van der Waals surface area contributed by atoms with Crippen molar-refractivity contribution in [3.05, 3.63) is 76.9 Å². The molecular formula is C19H17FN2O2. The van der Waals surface area contributed by atoms with Crippen molar-refractivity contribution in [1.82, 2.24) is 10.3 Å². The Morgan fingerprint density at radius 3 is 2.54 bits per heavy atom. The zero-order valence-corrected chi connectivity index (χ0v) is 13.5. The van der Waals surface area contributed by atoms with E-state index in [1.807, 2.05) is 31.2 Å². The Bertz CT molecular complexity index is 869. The van der Waals surface area contributed by atoms with Crippen LogP contribution in [0, 0.1) is 19.7 Å². The van der Waals surface area contributed by atoms with Gasteiger partial charge in [0.25, 0.3) is 5.91 Å². The van der Waals surface area contributed by atoms with E-state index in [1.54, 1.807) is 19.1 Å². The molecule has 5 heteroatoms. The third-order valence-electron chi connectivity index (χ3n) is 3.75. The van der Waals surface area contributed by atoms with Crippen LogP contribution in [0.5, 0.6) is 0 Å². The molecule has 0 aliphatic heterocycles. The van der Waals surface area contributed by atoms with E-state index in [2.05, 4.69) is 10.3 Å². The van der Waals surface area contributed by atoms with Crippen LogP contribution in [0.4, 0.5) is 4.39 Å². The van der Waals surface area contributed by atoms with Crippen molar-refractivity contribution in [3.63, 3.8) is 0 Å². The molecule has 0 fully saturated rings. The molecule has 122 valence electrons. The summed E-state index contributed by atoms with van der Waals surface area (Å²) in [6, 6.07) is 13.7. The predicted octanol–water partition coefficient (Wildman–Crippen LogP) is 4.03. The molecule has 0 unspecified atom stereocenters. The fourth-order valence-corrected chi connectivity index (χ4v) is 2.40. The molecule has 0 bridgehead atoms. The van der Waals surface area contributed by atoms with Gasteiger partial charge in [-0.3, -0.25) is 4.79 Å². The summed E-state index contributed by atoms with van der Waals surface area (Å²) in [6.07, 6.45) is 0. The molecule has 1 aromatic heterocycles. The van der Waals surface area contributed by atoms with Gasteiger partial charge in [0, 0.05) is 12.1 Å². The highest BCUT2D eigenvalue weighted by molar-refractivity contribution is 5.93. The molecule has 0 aliphatic rings. The fourth-order valence-electron chi connectivity index (χ4n) is 2.40. The Balaban J connectivity index is 1.76. The van der Waals surface area contributed by atoms with E-state index in [0.717, 1.165) is 16.7 Å². The van der Waals surface area contributed by atoms with Crippen molar-refractivity contribution in [3.8, 4) is 11.5 Å². The summed E-state index contributed by atoms with van der Waals surface area (Å²) in [5.74, 6) is 0.267. The minimum Gasteiger partial charge on any atom is -0.441 e. The SMILES string of the molecule is Cc1ccccc1-c1nc(C(=O)NCc2ccc(F)cc2)c(C)o1. The smallest absolute Gasteiger partial charge is 0.273 e. The summed E-state index contributed by atoms with van der Waals surface area (Å²) in [4.78, 5) is 16.7. The second-order valence-electron chi connectivity index (χ2n) is 5.55. The lowest BCUT2D eigenvalue weighted by Crippen LogP contribution is -2.23. The number of carbonyl (C=O) groups is 1. The zero-order valence-electron chi connectivity index (χ0n) is 13.5. The van der Waals surface area contributed by atoms with Crippen LogP contribution in [0.1, 0.15) is 27.4 Å². The molecule has 2 aromatic carbocycles. The first-order chi connectivity index (χ1) is 11.5. The van der Waals surface area contributed by atoms with Gasteiger partial charge in [-0.1, -0.05) is 30.3 Å². The van der Waals surface area contributed by atoms with E-state index >= 15 is 0 Å². The number of aromatic nitrogens is 1. The number of oxazole rings is 1. The van der Waals surface area contributed by atoms with Crippen LogP contribution in [0.3, 0.4) is 0 Å². The monoisotopic (exact) mass is 324 g/mol. The van der Waals surface area contributed by atoms with Crippen LogP contribution in [0.25, 0.3) is 11.5 Å². The number of nitrogens with zero attached hydrogens (tertiary/aromatic N) is 1. The number of nitrogens with one attached hydrogen (secondary N) is 1. The molecular weight excluding hydrogens is 307 g/mol. The van der Waals surface area contributed by atoms with E-state index < -0.39 is 0 Å². The third kappa shape index (κ3) is 3.35. The van der Waals surface area contributed by atoms with Gasteiger partial charge >= 0.3 is 0 Å². The Hall–Kier alpha value is -2.95. The molecule has 0 spiro atoms. The minimum atomic E-state index is -0.319. The lowest BCUT2D eigenvalue weighted by atomic mass is 10.1. The summed E-state index contributed by atoms with van der Waals surface area (Å²) < 4.78 is 18.5.